The van der Waals surface area contributed by atoms with E-state index in [0.717, 1.165) is 21.3 Å². The van der Waals surface area contributed by atoms with Crippen molar-refractivity contribution in [2.24, 2.45) is 5.92 Å². The van der Waals surface area contributed by atoms with E-state index in [1.54, 1.807) is 43.6 Å². The van der Waals surface area contributed by atoms with Gasteiger partial charge >= 0.3 is 10.2 Å². The standard InChI is InChI=1S/C45H44F2N10O8S/c1-3-53(2)66(64,65)52-32-9-8-31(46)39(40(32)47)41(60)30-23-50-42-29(30)20-27(22-49-42)26-7-11-35(48-21-26)54-15-17-55(18-16-54)37(59)19-25-13-14-56(24-25)33-6-4-5-28-38(33)45(63)57(44(28)62)34-10-12-36(58)51-43(34)61/h4-9,11,20-23,25,34,52H,3,10,12-19,24H2,1-2H3,(H,49,50)(H,51,58,61). The molecule has 0 saturated carbocycles. The van der Waals surface area contributed by atoms with Gasteiger partial charge in [0.05, 0.1) is 28.1 Å². The van der Waals surface area contributed by atoms with Gasteiger partial charge in [0.2, 0.25) is 23.5 Å². The molecule has 0 radical (unpaired) electrons. The molecule has 3 fully saturated rings. The average molecular weight is 923 g/mol. The number of hydrogen-bond acceptors (Lipinski definition) is 12. The molecule has 3 saturated heterocycles. The predicted molar refractivity (Wildman–Crippen MR) is 237 cm³/mol. The van der Waals surface area contributed by atoms with Crippen LogP contribution in [0.1, 0.15) is 69.2 Å². The number of imide groups is 2. The molecule has 5 amide bonds. The Morgan fingerprint density at radius 2 is 1.68 bits per heavy atom. The number of anilines is 3. The number of hydrogen-bond donors (Lipinski definition) is 3. The molecular weight excluding hydrogens is 879 g/mol. The third-order valence-electron chi connectivity index (χ3n) is 12.8. The van der Waals surface area contributed by atoms with Crippen molar-refractivity contribution in [3.63, 3.8) is 0 Å². The van der Waals surface area contributed by atoms with Gasteiger partial charge in [-0.05, 0) is 61.2 Å². The van der Waals surface area contributed by atoms with Crippen LogP contribution in [0.2, 0.25) is 0 Å². The number of piperidine rings is 1. The lowest BCUT2D eigenvalue weighted by Gasteiger charge is -2.36. The lowest BCUT2D eigenvalue weighted by atomic mass is 10.00. The lowest BCUT2D eigenvalue weighted by molar-refractivity contribution is -0.136. The molecule has 18 nitrogen and oxygen atoms in total. The number of fused-ring (bicyclic) bond motifs is 2. The summed E-state index contributed by atoms with van der Waals surface area (Å²) in [4.78, 5) is 97.4. The maximum Gasteiger partial charge on any atom is 0.301 e. The van der Waals surface area contributed by atoms with Crippen LogP contribution in [0.25, 0.3) is 22.2 Å². The summed E-state index contributed by atoms with van der Waals surface area (Å²) in [6, 6.07) is 11.1. The molecule has 342 valence electrons. The van der Waals surface area contributed by atoms with Gasteiger partial charge in [-0.2, -0.15) is 12.7 Å². The number of benzene rings is 2. The third-order valence-corrected chi connectivity index (χ3v) is 14.3. The van der Waals surface area contributed by atoms with E-state index >= 15 is 8.78 Å². The van der Waals surface area contributed by atoms with Crippen LogP contribution in [-0.2, 0) is 24.6 Å². The summed E-state index contributed by atoms with van der Waals surface area (Å²) in [5, 5.41) is 2.51. The number of nitrogens with one attached hydrogen (secondary N) is 3. The quantitative estimate of drug-likeness (QED) is 0.121. The first-order valence-electron chi connectivity index (χ1n) is 21.5. The number of aromatic amines is 1. The van der Waals surface area contributed by atoms with Gasteiger partial charge in [0, 0.05) is 106 Å². The number of piperazine rings is 1. The van der Waals surface area contributed by atoms with Crippen LogP contribution in [0.4, 0.5) is 26.0 Å². The maximum absolute atomic E-state index is 15.6. The number of ketones is 1. The second kappa shape index (κ2) is 17.3. The first kappa shape index (κ1) is 44.1. The normalized spacial score (nSPS) is 19.0. The summed E-state index contributed by atoms with van der Waals surface area (Å²) in [5.41, 5.74) is 0.983. The van der Waals surface area contributed by atoms with Crippen molar-refractivity contribution in [3.05, 3.63) is 101 Å². The van der Waals surface area contributed by atoms with Crippen molar-refractivity contribution in [2.75, 3.05) is 67.4 Å². The number of carbonyl (C=O) groups excluding carboxylic acids is 6. The Bertz CT molecular complexity index is 2960. The summed E-state index contributed by atoms with van der Waals surface area (Å²) in [5.74, 6) is -5.04. The first-order chi connectivity index (χ1) is 31.6. The Kier molecular flexibility index (Phi) is 11.6. The van der Waals surface area contributed by atoms with Crippen LogP contribution < -0.4 is 19.8 Å². The highest BCUT2D eigenvalue weighted by atomic mass is 32.2. The number of nitrogens with zero attached hydrogens (tertiary/aromatic N) is 7. The van der Waals surface area contributed by atoms with Crippen molar-refractivity contribution >= 4 is 73.8 Å². The van der Waals surface area contributed by atoms with Gasteiger partial charge < -0.3 is 19.7 Å². The number of pyridine rings is 2. The fourth-order valence-electron chi connectivity index (χ4n) is 8.99. The summed E-state index contributed by atoms with van der Waals surface area (Å²) in [6.07, 6.45) is 5.64. The molecule has 2 aromatic carbocycles. The zero-order valence-electron chi connectivity index (χ0n) is 35.8. The number of halogens is 2. The van der Waals surface area contributed by atoms with Gasteiger partial charge in [0.15, 0.2) is 5.82 Å². The van der Waals surface area contributed by atoms with Crippen molar-refractivity contribution < 1.29 is 46.0 Å². The lowest BCUT2D eigenvalue weighted by Crippen LogP contribution is -2.54. The van der Waals surface area contributed by atoms with Crippen molar-refractivity contribution in [2.45, 2.75) is 38.6 Å². The van der Waals surface area contributed by atoms with E-state index in [4.69, 9.17) is 0 Å². The number of rotatable bonds is 12. The minimum atomic E-state index is -4.16. The molecule has 3 N–H and O–H groups in total. The minimum absolute atomic E-state index is 0.0167. The molecule has 0 aliphatic carbocycles. The number of amides is 5. The maximum atomic E-state index is 15.6. The van der Waals surface area contributed by atoms with Gasteiger partial charge in [-0.25, -0.2) is 18.7 Å². The minimum Gasteiger partial charge on any atom is -0.371 e. The number of aromatic nitrogens is 3. The molecule has 4 aliphatic heterocycles. The second-order valence-electron chi connectivity index (χ2n) is 16.7. The molecule has 21 heteroatoms. The van der Waals surface area contributed by atoms with Gasteiger partial charge in [-0.15, -0.1) is 0 Å². The van der Waals surface area contributed by atoms with Crippen molar-refractivity contribution in [1.29, 1.82) is 0 Å². The summed E-state index contributed by atoms with van der Waals surface area (Å²) >= 11 is 0. The van der Waals surface area contributed by atoms with E-state index < -0.39 is 68.5 Å². The van der Waals surface area contributed by atoms with Crippen LogP contribution in [0.15, 0.2) is 67.1 Å². The van der Waals surface area contributed by atoms with Crippen LogP contribution in [-0.4, -0.2) is 132 Å². The zero-order valence-corrected chi connectivity index (χ0v) is 36.7. The Labute approximate surface area is 377 Å². The summed E-state index contributed by atoms with van der Waals surface area (Å²) in [6.45, 7) is 4.81. The van der Waals surface area contributed by atoms with E-state index in [9.17, 15) is 37.2 Å². The molecule has 0 bridgehead atoms. The number of carbonyl (C=O) groups is 6. The van der Waals surface area contributed by atoms with Crippen LogP contribution in [0.3, 0.4) is 0 Å². The largest absolute Gasteiger partial charge is 0.371 e. The van der Waals surface area contributed by atoms with E-state index in [2.05, 4.69) is 29.9 Å². The van der Waals surface area contributed by atoms with Gasteiger partial charge in [-0.3, -0.25) is 43.7 Å². The highest BCUT2D eigenvalue weighted by Gasteiger charge is 2.46. The fourth-order valence-corrected chi connectivity index (χ4v) is 9.92. The Morgan fingerprint density at radius 1 is 0.909 bits per heavy atom. The number of H-pyrrole nitrogens is 1. The van der Waals surface area contributed by atoms with E-state index in [1.807, 2.05) is 21.9 Å². The predicted octanol–water partition coefficient (Wildman–Crippen LogP) is 3.71. The molecule has 5 aromatic rings. The summed E-state index contributed by atoms with van der Waals surface area (Å²) in [7, 11) is -2.88. The first-order valence-corrected chi connectivity index (χ1v) is 22.9. The summed E-state index contributed by atoms with van der Waals surface area (Å²) < 4.78 is 58.8. The molecule has 0 spiro atoms. The molecule has 2 atom stereocenters. The molecular formula is C45H44F2N10O8S. The molecule has 7 heterocycles. The van der Waals surface area contributed by atoms with Crippen LogP contribution in [0, 0.1) is 17.6 Å². The van der Waals surface area contributed by atoms with Crippen LogP contribution in [0.5, 0.6) is 0 Å². The van der Waals surface area contributed by atoms with Gasteiger partial charge in [0.25, 0.3) is 11.8 Å². The Balaban J connectivity index is 0.812. The van der Waals surface area contributed by atoms with E-state index in [1.165, 1.54) is 13.2 Å². The monoisotopic (exact) mass is 922 g/mol. The van der Waals surface area contributed by atoms with Crippen molar-refractivity contribution in [3.8, 4) is 11.1 Å². The highest BCUT2D eigenvalue weighted by Crippen LogP contribution is 2.37. The molecule has 9 rings (SSSR count). The van der Waals surface area contributed by atoms with E-state index in [0.29, 0.717) is 80.4 Å². The van der Waals surface area contributed by atoms with Crippen molar-refractivity contribution in [1.82, 2.24) is 34.4 Å². The fraction of sp³-hybridized carbons (Fsp3) is 0.333. The smallest absolute Gasteiger partial charge is 0.301 e. The highest BCUT2D eigenvalue weighted by molar-refractivity contribution is 7.90. The third kappa shape index (κ3) is 8.01. The Morgan fingerprint density at radius 3 is 2.41 bits per heavy atom. The molecule has 2 unspecified atom stereocenters. The molecule has 3 aromatic heterocycles. The topological polar surface area (TPSA) is 218 Å². The van der Waals surface area contributed by atoms with Crippen LogP contribution >= 0.6 is 0 Å². The van der Waals surface area contributed by atoms with Gasteiger partial charge in [0.1, 0.15) is 23.3 Å². The molecule has 4 aliphatic rings. The second-order valence-corrected chi connectivity index (χ2v) is 18.5. The zero-order chi connectivity index (χ0) is 46.6. The SMILES string of the molecule is CCN(C)S(=O)(=O)Nc1ccc(F)c(C(=O)c2c[nH]c3ncc(-c4ccc(N5CCN(C(=O)CC6CCN(c7cccc8c7C(=O)N(C7CCC(=O)NC7=O)C8=O)C6)CC5)nc4)cc23)c1F. The van der Waals surface area contributed by atoms with Gasteiger partial charge in [-0.1, -0.05) is 13.0 Å². The Hall–Kier alpha value is -7.13. The average Bonchev–Trinajstić information content (AvgIpc) is 4.03. The molecule has 66 heavy (non-hydrogen) atoms. The van der Waals surface area contributed by atoms with E-state index in [-0.39, 0.29) is 53.3 Å².